The van der Waals surface area contributed by atoms with Crippen molar-refractivity contribution in [1.29, 1.82) is 0 Å². The van der Waals surface area contributed by atoms with Crippen molar-refractivity contribution in [3.63, 3.8) is 0 Å². The second kappa shape index (κ2) is 8.92. The summed E-state index contributed by atoms with van der Waals surface area (Å²) in [6, 6.07) is 9.73. The molecule has 2 aromatic heterocycles. The van der Waals surface area contributed by atoms with Gasteiger partial charge in [-0.25, -0.2) is 0 Å². The van der Waals surface area contributed by atoms with Crippen molar-refractivity contribution in [2.24, 2.45) is 0 Å². The number of ether oxygens (including phenoxy) is 1. The van der Waals surface area contributed by atoms with Gasteiger partial charge in [0.1, 0.15) is 5.69 Å². The van der Waals surface area contributed by atoms with Gasteiger partial charge in [-0.05, 0) is 50.5 Å². The van der Waals surface area contributed by atoms with E-state index in [-0.39, 0.29) is 11.4 Å². The number of carbonyl (C=O) groups excluding carboxylic acids is 1. The fourth-order valence-corrected chi connectivity index (χ4v) is 4.92. The molecule has 4 rings (SSSR count). The third-order valence-electron chi connectivity index (χ3n) is 6.46. The summed E-state index contributed by atoms with van der Waals surface area (Å²) in [4.78, 5) is 27.2. The van der Waals surface area contributed by atoms with Crippen LogP contribution in [0, 0.1) is 0 Å². The monoisotopic (exact) mass is 408 g/mol. The van der Waals surface area contributed by atoms with E-state index in [4.69, 9.17) is 4.74 Å². The maximum atomic E-state index is 13.7. The second-order valence-corrected chi connectivity index (χ2v) is 9.05. The lowest BCUT2D eigenvalue weighted by Crippen LogP contribution is -2.65. The van der Waals surface area contributed by atoms with Crippen LogP contribution in [-0.4, -0.2) is 76.0 Å². The van der Waals surface area contributed by atoms with Gasteiger partial charge in [-0.2, -0.15) is 0 Å². The number of hydrogen-bond donors (Lipinski definition) is 0. The summed E-state index contributed by atoms with van der Waals surface area (Å²) in [5.41, 5.74) is 0.980. The van der Waals surface area contributed by atoms with Crippen molar-refractivity contribution in [2.45, 2.75) is 44.2 Å². The van der Waals surface area contributed by atoms with Gasteiger partial charge in [0, 0.05) is 64.3 Å². The predicted octanol–water partition coefficient (Wildman–Crippen LogP) is 2.85. The number of rotatable bonds is 6. The zero-order valence-corrected chi connectivity index (χ0v) is 18.1. The highest BCUT2D eigenvalue weighted by Crippen LogP contribution is 2.39. The minimum Gasteiger partial charge on any atom is -0.375 e. The Hall–Kier alpha value is -2.15. The molecular weight excluding hydrogens is 376 g/mol. The zero-order valence-electron chi connectivity index (χ0n) is 18.1. The maximum absolute atomic E-state index is 13.7. The molecule has 2 aromatic rings. The molecule has 0 aromatic carbocycles. The van der Waals surface area contributed by atoms with Crippen LogP contribution in [0.4, 0.5) is 0 Å². The average Bonchev–Trinajstić information content (AvgIpc) is 2.78. The summed E-state index contributed by atoms with van der Waals surface area (Å²) in [6.07, 6.45) is 7.90. The van der Waals surface area contributed by atoms with Gasteiger partial charge in [0.25, 0.3) is 0 Å². The Morgan fingerprint density at radius 1 is 1.10 bits per heavy atom. The van der Waals surface area contributed by atoms with Crippen molar-refractivity contribution in [2.75, 3.05) is 39.3 Å². The molecule has 2 aliphatic heterocycles. The van der Waals surface area contributed by atoms with Crippen molar-refractivity contribution in [1.82, 2.24) is 19.8 Å². The Kier molecular flexibility index (Phi) is 6.27. The largest absolute Gasteiger partial charge is 0.375 e. The molecule has 160 valence electrons. The first-order chi connectivity index (χ1) is 14.5. The van der Waals surface area contributed by atoms with E-state index in [9.17, 15) is 4.79 Å². The molecule has 1 atom stereocenters. The molecule has 2 aliphatic rings. The summed E-state index contributed by atoms with van der Waals surface area (Å²) in [7, 11) is 0. The van der Waals surface area contributed by atoms with Crippen molar-refractivity contribution < 1.29 is 9.53 Å². The molecule has 30 heavy (non-hydrogen) atoms. The van der Waals surface area contributed by atoms with Crippen molar-refractivity contribution in [3.8, 4) is 0 Å². The van der Waals surface area contributed by atoms with E-state index in [1.165, 1.54) is 5.56 Å². The highest BCUT2D eigenvalue weighted by atomic mass is 16.5. The van der Waals surface area contributed by atoms with Gasteiger partial charge in [-0.1, -0.05) is 12.1 Å². The second-order valence-electron chi connectivity index (χ2n) is 9.05. The maximum Gasteiger partial charge on any atom is 0.201 e. The Bertz CT molecular complexity index is 835. The molecule has 1 unspecified atom stereocenters. The van der Waals surface area contributed by atoms with Crippen LogP contribution in [0.15, 0.2) is 48.9 Å². The van der Waals surface area contributed by atoms with Crippen LogP contribution < -0.4 is 0 Å². The third kappa shape index (κ3) is 4.61. The normalized spacial score (nSPS) is 25.1. The van der Waals surface area contributed by atoms with Crippen LogP contribution in [0.3, 0.4) is 0 Å². The van der Waals surface area contributed by atoms with E-state index in [1.54, 1.807) is 6.20 Å². The fraction of sp³-hybridized carbons (Fsp3) is 0.542. The Morgan fingerprint density at radius 3 is 2.60 bits per heavy atom. The summed E-state index contributed by atoms with van der Waals surface area (Å²) < 4.78 is 5.99. The molecule has 4 heterocycles. The lowest BCUT2D eigenvalue weighted by Gasteiger charge is -2.52. The van der Waals surface area contributed by atoms with Gasteiger partial charge >= 0.3 is 0 Å². The standard InChI is InChI=1S/C24H32N4O2/c1-23(2)19-24(9-17-30-23,22(29)21-7-3-4-11-26-21)28-15-13-27(14-16-28)12-8-20-6-5-10-25-18-20/h3-7,10-11,18H,8-9,12-17,19H2,1-2H3. The molecular formula is C24H32N4O2. The average molecular weight is 409 g/mol. The number of ketones is 1. The van der Waals surface area contributed by atoms with Crippen LogP contribution in [0.1, 0.15) is 42.7 Å². The number of Topliss-reactive ketones (excluding diaryl/α,β-unsaturated/α-hetero) is 1. The molecule has 6 heteroatoms. The topological polar surface area (TPSA) is 58.6 Å². The van der Waals surface area contributed by atoms with E-state index in [2.05, 4.69) is 39.7 Å². The number of hydrogen-bond acceptors (Lipinski definition) is 6. The Labute approximate surface area is 179 Å². The lowest BCUT2D eigenvalue weighted by molar-refractivity contribution is -0.113. The summed E-state index contributed by atoms with van der Waals surface area (Å²) in [5, 5.41) is 0. The first kappa shape index (κ1) is 21.1. The van der Waals surface area contributed by atoms with Crippen molar-refractivity contribution >= 4 is 5.78 Å². The van der Waals surface area contributed by atoms with Crippen LogP contribution in [0.25, 0.3) is 0 Å². The number of nitrogens with zero attached hydrogens (tertiary/aromatic N) is 4. The molecule has 0 bridgehead atoms. The first-order valence-corrected chi connectivity index (χ1v) is 10.9. The lowest BCUT2D eigenvalue weighted by atomic mass is 9.75. The van der Waals surface area contributed by atoms with Gasteiger partial charge in [-0.3, -0.25) is 19.7 Å². The van der Waals surface area contributed by atoms with Gasteiger partial charge < -0.3 is 9.64 Å². The van der Waals surface area contributed by atoms with Gasteiger partial charge in [0.15, 0.2) is 0 Å². The van der Waals surface area contributed by atoms with E-state index >= 15 is 0 Å². The number of pyridine rings is 2. The molecule has 0 aliphatic carbocycles. The molecule has 0 N–H and O–H groups in total. The van der Waals surface area contributed by atoms with Crippen molar-refractivity contribution in [3.05, 3.63) is 60.2 Å². The van der Waals surface area contributed by atoms with Crippen LogP contribution in [-0.2, 0) is 11.2 Å². The highest BCUT2D eigenvalue weighted by Gasteiger charge is 2.51. The summed E-state index contributed by atoms with van der Waals surface area (Å²) in [5.74, 6) is 0.142. The first-order valence-electron chi connectivity index (χ1n) is 10.9. The molecule has 0 spiro atoms. The quantitative estimate of drug-likeness (QED) is 0.685. The molecule has 0 amide bonds. The molecule has 6 nitrogen and oxygen atoms in total. The van der Waals surface area contributed by atoms with E-state index in [1.807, 2.05) is 36.7 Å². The molecule has 0 saturated carbocycles. The van der Waals surface area contributed by atoms with E-state index in [0.717, 1.165) is 45.6 Å². The van der Waals surface area contributed by atoms with Crippen LogP contribution in [0.2, 0.25) is 0 Å². The molecule has 2 fully saturated rings. The zero-order chi connectivity index (χ0) is 21.0. The van der Waals surface area contributed by atoms with Gasteiger partial charge in [0.05, 0.1) is 11.1 Å². The SMILES string of the molecule is CC1(C)CC(C(=O)c2ccccn2)(N2CCN(CCc3cccnc3)CC2)CCO1. The smallest absolute Gasteiger partial charge is 0.201 e. The Morgan fingerprint density at radius 2 is 1.93 bits per heavy atom. The minimum atomic E-state index is -0.536. The summed E-state index contributed by atoms with van der Waals surface area (Å²) in [6.45, 7) is 9.54. The van der Waals surface area contributed by atoms with E-state index in [0.29, 0.717) is 18.7 Å². The van der Waals surface area contributed by atoms with Crippen LogP contribution in [0.5, 0.6) is 0 Å². The molecule has 0 radical (unpaired) electrons. The fourth-order valence-electron chi connectivity index (χ4n) is 4.92. The number of piperazine rings is 1. The highest BCUT2D eigenvalue weighted by molar-refractivity contribution is 6.02. The minimum absolute atomic E-state index is 0.142. The molecule has 2 saturated heterocycles. The number of carbonyl (C=O) groups is 1. The summed E-state index contributed by atoms with van der Waals surface area (Å²) >= 11 is 0. The van der Waals surface area contributed by atoms with Gasteiger partial charge in [-0.15, -0.1) is 0 Å². The predicted molar refractivity (Wildman–Crippen MR) is 117 cm³/mol. The Balaban J connectivity index is 1.46. The van der Waals surface area contributed by atoms with E-state index < -0.39 is 5.54 Å². The van der Waals surface area contributed by atoms with Gasteiger partial charge in [0.2, 0.25) is 5.78 Å². The third-order valence-corrected chi connectivity index (χ3v) is 6.46. The van der Waals surface area contributed by atoms with Crippen LogP contribution >= 0.6 is 0 Å². The number of aromatic nitrogens is 2.